The third-order valence-electron chi connectivity index (χ3n) is 3.88. The first-order chi connectivity index (χ1) is 11.1. The normalized spacial score (nSPS) is 19.6. The fourth-order valence-electron chi connectivity index (χ4n) is 2.64. The van der Waals surface area contributed by atoms with E-state index in [0.717, 1.165) is 11.1 Å². The van der Waals surface area contributed by atoms with Gasteiger partial charge in [0.1, 0.15) is 6.54 Å². The van der Waals surface area contributed by atoms with Gasteiger partial charge in [0.2, 0.25) is 0 Å². The van der Waals surface area contributed by atoms with E-state index in [0.29, 0.717) is 18.4 Å². The van der Waals surface area contributed by atoms with E-state index in [1.54, 1.807) is 0 Å². The predicted molar refractivity (Wildman–Crippen MR) is 82.5 cm³/mol. The minimum atomic E-state index is -2.47. The number of nitrogens with zero attached hydrogens (tertiary/aromatic N) is 2. The molecule has 1 aliphatic carbocycles. The predicted octanol–water partition coefficient (Wildman–Crippen LogP) is 3.07. The van der Waals surface area contributed by atoms with Crippen molar-refractivity contribution in [3.05, 3.63) is 48.2 Å². The quantitative estimate of drug-likeness (QED) is 0.859. The number of rotatable bonds is 6. The number of benzene rings is 1. The number of carbonyl (C=O) groups is 1. The zero-order chi connectivity index (χ0) is 16.2. The standard InChI is InChI=1S/C16H18F2N4O/c17-14(18)10-22-7-6-15(21-22)20-16(23)19-9-12-8-13(12)11-4-2-1-3-5-11/h1-7,12-14H,8-10H2,(H2,19,20,21,23). The third kappa shape index (κ3) is 4.28. The van der Waals surface area contributed by atoms with E-state index in [1.165, 1.54) is 17.8 Å². The van der Waals surface area contributed by atoms with Gasteiger partial charge in [0.15, 0.2) is 5.82 Å². The van der Waals surface area contributed by atoms with E-state index in [-0.39, 0.29) is 11.8 Å². The summed E-state index contributed by atoms with van der Waals surface area (Å²) in [5.74, 6) is 1.21. The summed E-state index contributed by atoms with van der Waals surface area (Å²) in [4.78, 5) is 11.8. The van der Waals surface area contributed by atoms with Crippen molar-refractivity contribution in [2.24, 2.45) is 5.92 Å². The first-order valence-electron chi connectivity index (χ1n) is 7.53. The molecule has 1 aromatic carbocycles. The molecule has 23 heavy (non-hydrogen) atoms. The van der Waals surface area contributed by atoms with E-state index in [4.69, 9.17) is 0 Å². The highest BCUT2D eigenvalue weighted by atomic mass is 19.3. The fourth-order valence-corrected chi connectivity index (χ4v) is 2.64. The lowest BCUT2D eigenvalue weighted by atomic mass is 10.1. The Bertz CT molecular complexity index is 659. The van der Waals surface area contributed by atoms with Crippen LogP contribution in [0.15, 0.2) is 42.6 Å². The molecule has 2 atom stereocenters. The molecule has 7 heteroatoms. The van der Waals surface area contributed by atoms with Crippen molar-refractivity contribution in [3.8, 4) is 0 Å². The number of halogens is 2. The minimum Gasteiger partial charge on any atom is -0.338 e. The van der Waals surface area contributed by atoms with Gasteiger partial charge in [-0.05, 0) is 23.8 Å². The Balaban J connectivity index is 1.41. The summed E-state index contributed by atoms with van der Waals surface area (Å²) in [6, 6.07) is 11.3. The number of nitrogens with one attached hydrogen (secondary N) is 2. The summed E-state index contributed by atoms with van der Waals surface area (Å²) in [6.45, 7) is 0.104. The molecule has 0 radical (unpaired) electrons. The average Bonchev–Trinajstić information content (AvgIpc) is 3.19. The summed E-state index contributed by atoms with van der Waals surface area (Å²) in [7, 11) is 0. The molecule has 0 bridgehead atoms. The number of urea groups is 1. The van der Waals surface area contributed by atoms with Gasteiger partial charge in [-0.3, -0.25) is 10.00 Å². The van der Waals surface area contributed by atoms with Crippen LogP contribution in [-0.2, 0) is 6.54 Å². The second-order valence-corrected chi connectivity index (χ2v) is 5.66. The highest BCUT2D eigenvalue weighted by molar-refractivity contribution is 5.88. The van der Waals surface area contributed by atoms with Gasteiger partial charge >= 0.3 is 6.03 Å². The second-order valence-electron chi connectivity index (χ2n) is 5.66. The number of amides is 2. The topological polar surface area (TPSA) is 59.0 Å². The molecule has 2 amide bonds. The van der Waals surface area contributed by atoms with Crippen LogP contribution in [-0.4, -0.2) is 28.8 Å². The lowest BCUT2D eigenvalue weighted by molar-refractivity contribution is 0.122. The number of carbonyl (C=O) groups excluding carboxylic acids is 1. The Morgan fingerprint density at radius 2 is 2.09 bits per heavy atom. The Kier molecular flexibility index (Phi) is 4.55. The molecule has 1 aliphatic rings. The van der Waals surface area contributed by atoms with Crippen LogP contribution in [0.4, 0.5) is 19.4 Å². The maximum absolute atomic E-state index is 12.2. The SMILES string of the molecule is O=C(NCC1CC1c1ccccc1)Nc1ccn(CC(F)F)n1. The average molecular weight is 320 g/mol. The highest BCUT2D eigenvalue weighted by Gasteiger charge is 2.38. The monoisotopic (exact) mass is 320 g/mol. The summed E-state index contributed by atoms with van der Waals surface area (Å²) in [6.07, 6.45) is 0.00266. The molecule has 1 saturated carbocycles. The maximum atomic E-state index is 12.2. The molecule has 1 aromatic heterocycles. The lowest BCUT2D eigenvalue weighted by Gasteiger charge is -2.05. The van der Waals surface area contributed by atoms with E-state index in [9.17, 15) is 13.6 Å². The number of hydrogen-bond acceptors (Lipinski definition) is 2. The fraction of sp³-hybridized carbons (Fsp3) is 0.375. The van der Waals surface area contributed by atoms with Gasteiger partial charge in [-0.2, -0.15) is 5.10 Å². The zero-order valence-electron chi connectivity index (χ0n) is 12.5. The smallest absolute Gasteiger partial charge is 0.320 e. The molecule has 0 spiro atoms. The minimum absolute atomic E-state index is 0.263. The lowest BCUT2D eigenvalue weighted by Crippen LogP contribution is -2.30. The molecule has 1 heterocycles. The number of anilines is 1. The Hall–Kier alpha value is -2.44. The van der Waals surface area contributed by atoms with E-state index in [2.05, 4.69) is 27.9 Å². The molecule has 5 nitrogen and oxygen atoms in total. The van der Waals surface area contributed by atoms with Crippen molar-refractivity contribution >= 4 is 11.8 Å². The molecular formula is C16H18F2N4O. The molecule has 122 valence electrons. The van der Waals surface area contributed by atoms with Crippen LogP contribution in [0, 0.1) is 5.92 Å². The van der Waals surface area contributed by atoms with E-state index in [1.807, 2.05) is 18.2 Å². The summed E-state index contributed by atoms with van der Waals surface area (Å²) in [5, 5.41) is 9.20. The van der Waals surface area contributed by atoms with Gasteiger partial charge in [0, 0.05) is 18.8 Å². The van der Waals surface area contributed by atoms with Crippen molar-refractivity contribution < 1.29 is 13.6 Å². The Morgan fingerprint density at radius 3 is 2.83 bits per heavy atom. The van der Waals surface area contributed by atoms with Gasteiger partial charge < -0.3 is 5.32 Å². The van der Waals surface area contributed by atoms with E-state index >= 15 is 0 Å². The molecule has 3 rings (SSSR count). The van der Waals surface area contributed by atoms with Crippen LogP contribution >= 0.6 is 0 Å². The molecular weight excluding hydrogens is 302 g/mol. The number of alkyl halides is 2. The van der Waals surface area contributed by atoms with Crippen LogP contribution in [0.3, 0.4) is 0 Å². The first kappa shape index (κ1) is 15.5. The largest absolute Gasteiger partial charge is 0.338 e. The van der Waals surface area contributed by atoms with Crippen molar-refractivity contribution in [3.63, 3.8) is 0 Å². The number of hydrogen-bond donors (Lipinski definition) is 2. The molecule has 0 saturated heterocycles. The van der Waals surface area contributed by atoms with E-state index < -0.39 is 13.0 Å². The number of aromatic nitrogens is 2. The van der Waals surface area contributed by atoms with Crippen LogP contribution in [0.2, 0.25) is 0 Å². The Labute approximate surface area is 132 Å². The van der Waals surface area contributed by atoms with Crippen molar-refractivity contribution in [2.45, 2.75) is 25.3 Å². The third-order valence-corrected chi connectivity index (χ3v) is 3.88. The highest BCUT2D eigenvalue weighted by Crippen LogP contribution is 2.46. The van der Waals surface area contributed by atoms with Crippen LogP contribution in [0.25, 0.3) is 0 Å². The second kappa shape index (κ2) is 6.76. The van der Waals surface area contributed by atoms with Gasteiger partial charge in [-0.1, -0.05) is 30.3 Å². The zero-order valence-corrected chi connectivity index (χ0v) is 12.5. The maximum Gasteiger partial charge on any atom is 0.320 e. The molecule has 2 N–H and O–H groups in total. The summed E-state index contributed by atoms with van der Waals surface area (Å²) >= 11 is 0. The molecule has 2 unspecified atom stereocenters. The van der Waals surface area contributed by atoms with Crippen LogP contribution in [0.1, 0.15) is 17.9 Å². The Morgan fingerprint density at radius 1 is 1.30 bits per heavy atom. The first-order valence-corrected chi connectivity index (χ1v) is 7.53. The molecule has 1 fully saturated rings. The van der Waals surface area contributed by atoms with Crippen molar-refractivity contribution in [1.29, 1.82) is 0 Å². The van der Waals surface area contributed by atoms with Gasteiger partial charge in [0.25, 0.3) is 6.43 Å². The molecule has 0 aliphatic heterocycles. The molecule has 2 aromatic rings. The summed E-state index contributed by atoms with van der Waals surface area (Å²) in [5.41, 5.74) is 1.30. The van der Waals surface area contributed by atoms with Gasteiger partial charge in [-0.25, -0.2) is 13.6 Å². The van der Waals surface area contributed by atoms with Crippen molar-refractivity contribution in [2.75, 3.05) is 11.9 Å². The van der Waals surface area contributed by atoms with Gasteiger partial charge in [-0.15, -0.1) is 0 Å². The van der Waals surface area contributed by atoms with Crippen molar-refractivity contribution in [1.82, 2.24) is 15.1 Å². The summed E-state index contributed by atoms with van der Waals surface area (Å²) < 4.78 is 25.6. The van der Waals surface area contributed by atoms with Crippen LogP contribution < -0.4 is 10.6 Å². The van der Waals surface area contributed by atoms with Gasteiger partial charge in [0.05, 0.1) is 0 Å². The van der Waals surface area contributed by atoms with Crippen LogP contribution in [0.5, 0.6) is 0 Å².